The summed E-state index contributed by atoms with van der Waals surface area (Å²) in [5.41, 5.74) is 0.785. The van der Waals surface area contributed by atoms with Crippen LogP contribution >= 0.6 is 27.5 Å². The molecule has 10 nitrogen and oxygen atoms in total. The van der Waals surface area contributed by atoms with E-state index in [0.717, 1.165) is 16.3 Å². The van der Waals surface area contributed by atoms with Crippen molar-refractivity contribution in [3.63, 3.8) is 0 Å². The first kappa shape index (κ1) is 34.9. The molecular weight excluding hydrogens is 664 g/mol. The Morgan fingerprint density at radius 1 is 0.977 bits per heavy atom. The molecule has 0 N–H and O–H groups in total. The Hall–Kier alpha value is -2.54. The van der Waals surface area contributed by atoms with Crippen molar-refractivity contribution in [2.24, 2.45) is 5.92 Å². The van der Waals surface area contributed by atoms with Gasteiger partial charge in [0.1, 0.15) is 23.6 Å². The Labute approximate surface area is 267 Å². The minimum Gasteiger partial charge on any atom is -0.489 e. The number of carbonyl (C=O) groups excluding carboxylic acids is 2. The summed E-state index contributed by atoms with van der Waals surface area (Å²) in [6, 6.07) is 10.6. The molecule has 1 saturated heterocycles. The Balaban J connectivity index is 1.81. The van der Waals surface area contributed by atoms with E-state index in [4.69, 9.17) is 30.0 Å². The van der Waals surface area contributed by atoms with Crippen molar-refractivity contribution in [2.45, 2.75) is 72.5 Å². The van der Waals surface area contributed by atoms with Gasteiger partial charge >= 0.3 is 12.2 Å². The molecule has 0 bridgehead atoms. The first-order valence-electron chi connectivity index (χ1n) is 13.8. The first-order chi connectivity index (χ1) is 19.8. The third-order valence-corrected chi connectivity index (χ3v) is 7.51. The van der Waals surface area contributed by atoms with Crippen LogP contribution in [0.3, 0.4) is 0 Å². The van der Waals surface area contributed by atoms with Crippen LogP contribution in [0.15, 0.2) is 40.9 Å². The lowest BCUT2D eigenvalue weighted by Crippen LogP contribution is -2.55. The fraction of sp³-hybridized carbons (Fsp3) is 0.533. The number of halogens is 2. The normalized spacial score (nSPS) is 14.2. The topological polar surface area (TPSA) is 112 Å². The maximum atomic E-state index is 13.3. The molecule has 0 spiro atoms. The predicted octanol–water partition coefficient (Wildman–Crippen LogP) is 6.76. The number of likely N-dealkylation sites (tertiary alicyclic amines) is 1. The van der Waals surface area contributed by atoms with Crippen LogP contribution in [-0.2, 0) is 43.5 Å². The zero-order valence-corrected chi connectivity index (χ0v) is 28.8. The van der Waals surface area contributed by atoms with Crippen molar-refractivity contribution >= 4 is 49.8 Å². The summed E-state index contributed by atoms with van der Waals surface area (Å²) in [6.45, 7) is 12.2. The van der Waals surface area contributed by atoms with Gasteiger partial charge in [0, 0.05) is 47.2 Å². The highest BCUT2D eigenvalue weighted by atomic mass is 79.9. The minimum absolute atomic E-state index is 0.0229. The highest BCUT2D eigenvalue weighted by molar-refractivity contribution is 9.10. The third-order valence-electron chi connectivity index (χ3n) is 5.99. The average molecular weight is 704 g/mol. The minimum atomic E-state index is -3.69. The van der Waals surface area contributed by atoms with Gasteiger partial charge in [-0.3, -0.25) is 4.18 Å². The summed E-state index contributed by atoms with van der Waals surface area (Å²) in [6.07, 6.45) is 0.0873. The second-order valence-electron chi connectivity index (χ2n) is 12.6. The predicted molar refractivity (Wildman–Crippen MR) is 167 cm³/mol. The molecule has 2 aromatic carbocycles. The van der Waals surface area contributed by atoms with Gasteiger partial charge in [-0.15, -0.1) is 0 Å². The molecule has 2 amide bonds. The Bertz CT molecular complexity index is 1420. The van der Waals surface area contributed by atoms with E-state index < -0.39 is 27.4 Å². The fourth-order valence-electron chi connectivity index (χ4n) is 4.18. The van der Waals surface area contributed by atoms with Crippen LogP contribution in [-0.4, -0.2) is 67.5 Å². The molecule has 1 aliphatic heterocycles. The van der Waals surface area contributed by atoms with Crippen LogP contribution in [0.1, 0.15) is 58.2 Å². The van der Waals surface area contributed by atoms with E-state index in [1.165, 1.54) is 0 Å². The number of hydrogen-bond acceptors (Lipinski definition) is 8. The lowest BCUT2D eigenvalue weighted by Gasteiger charge is -2.42. The zero-order valence-electron chi connectivity index (χ0n) is 25.6. The molecule has 0 unspecified atom stereocenters. The maximum Gasteiger partial charge on any atom is 0.410 e. The summed E-state index contributed by atoms with van der Waals surface area (Å²) < 4.78 is 46.4. The van der Waals surface area contributed by atoms with Crippen molar-refractivity contribution in [3.8, 4) is 5.75 Å². The number of nitrogens with zero attached hydrogens (tertiary/aromatic N) is 2. The molecule has 0 aliphatic carbocycles. The monoisotopic (exact) mass is 702 g/mol. The number of hydrogen-bond donors (Lipinski definition) is 0. The number of benzene rings is 2. The van der Waals surface area contributed by atoms with Gasteiger partial charge in [-0.2, -0.15) is 8.42 Å². The van der Waals surface area contributed by atoms with Gasteiger partial charge in [0.2, 0.25) is 0 Å². The van der Waals surface area contributed by atoms with Gasteiger partial charge in [-0.1, -0.05) is 39.7 Å². The SMILES string of the molecule is CC(C)(C)OC(=O)N(Cc1cc(COS(C)(=O)=O)cc(OCc2ccc(Cl)cc2Br)c1)CC1CN(C(=O)OC(C)(C)C)C1. The quantitative estimate of drug-likeness (QED) is 0.250. The molecule has 238 valence electrons. The average Bonchev–Trinajstić information content (AvgIpc) is 2.80. The zero-order chi connectivity index (χ0) is 32.2. The van der Waals surface area contributed by atoms with Crippen molar-refractivity contribution in [1.82, 2.24) is 9.80 Å². The molecule has 1 fully saturated rings. The summed E-state index contributed by atoms with van der Waals surface area (Å²) in [5, 5.41) is 0.584. The molecule has 0 saturated carbocycles. The number of amides is 2. The van der Waals surface area contributed by atoms with Crippen LogP contribution in [0, 0.1) is 5.92 Å². The van der Waals surface area contributed by atoms with Crippen LogP contribution in [0.25, 0.3) is 0 Å². The van der Waals surface area contributed by atoms with Crippen molar-refractivity contribution < 1.29 is 36.4 Å². The lowest BCUT2D eigenvalue weighted by molar-refractivity contribution is -0.0123. The van der Waals surface area contributed by atoms with Gasteiger partial charge in [0.15, 0.2) is 0 Å². The molecule has 13 heteroatoms. The molecule has 0 aromatic heterocycles. The van der Waals surface area contributed by atoms with Gasteiger partial charge in [0.05, 0.1) is 12.9 Å². The third kappa shape index (κ3) is 12.2. The van der Waals surface area contributed by atoms with Crippen LogP contribution in [0.5, 0.6) is 5.75 Å². The van der Waals surface area contributed by atoms with Crippen LogP contribution in [0.2, 0.25) is 5.02 Å². The molecule has 1 heterocycles. The molecule has 0 atom stereocenters. The van der Waals surface area contributed by atoms with Crippen molar-refractivity contribution in [1.29, 1.82) is 0 Å². The van der Waals surface area contributed by atoms with Crippen LogP contribution < -0.4 is 4.74 Å². The lowest BCUT2D eigenvalue weighted by atomic mass is 10.00. The van der Waals surface area contributed by atoms with E-state index in [1.807, 2.05) is 26.8 Å². The van der Waals surface area contributed by atoms with Gasteiger partial charge in [-0.05, 0) is 76.9 Å². The summed E-state index contributed by atoms with van der Waals surface area (Å²) >= 11 is 9.55. The second kappa shape index (κ2) is 14.0. The second-order valence-corrected chi connectivity index (χ2v) is 15.5. The van der Waals surface area contributed by atoms with E-state index >= 15 is 0 Å². The van der Waals surface area contributed by atoms with E-state index in [2.05, 4.69) is 15.9 Å². The summed E-state index contributed by atoms with van der Waals surface area (Å²) in [7, 11) is -3.69. The summed E-state index contributed by atoms with van der Waals surface area (Å²) in [4.78, 5) is 28.9. The largest absolute Gasteiger partial charge is 0.489 e. The number of ether oxygens (including phenoxy) is 3. The van der Waals surface area contributed by atoms with E-state index in [0.29, 0.717) is 41.5 Å². The Morgan fingerprint density at radius 3 is 2.19 bits per heavy atom. The molecular formula is C30H40BrClN2O8S. The molecule has 2 aromatic rings. The maximum absolute atomic E-state index is 13.3. The van der Waals surface area contributed by atoms with Gasteiger partial charge in [0.25, 0.3) is 10.1 Å². The Morgan fingerprint density at radius 2 is 1.60 bits per heavy atom. The molecule has 43 heavy (non-hydrogen) atoms. The van der Waals surface area contributed by atoms with E-state index in [9.17, 15) is 18.0 Å². The van der Waals surface area contributed by atoms with Crippen molar-refractivity contribution in [3.05, 3.63) is 62.6 Å². The molecule has 1 aliphatic rings. The van der Waals surface area contributed by atoms with Crippen LogP contribution in [0.4, 0.5) is 9.59 Å². The molecule has 0 radical (unpaired) electrons. The van der Waals surface area contributed by atoms with E-state index in [1.54, 1.807) is 60.9 Å². The number of rotatable bonds is 10. The highest BCUT2D eigenvalue weighted by Crippen LogP contribution is 2.27. The molecule has 3 rings (SSSR count). The Kier molecular flexibility index (Phi) is 11.4. The smallest absolute Gasteiger partial charge is 0.410 e. The van der Waals surface area contributed by atoms with Gasteiger partial charge in [-0.25, -0.2) is 9.59 Å². The summed E-state index contributed by atoms with van der Waals surface area (Å²) in [5.74, 6) is 0.491. The fourth-order valence-corrected chi connectivity index (χ4v) is 5.33. The first-order valence-corrected chi connectivity index (χ1v) is 16.7. The number of carbonyl (C=O) groups is 2. The van der Waals surface area contributed by atoms with E-state index in [-0.39, 0.29) is 31.8 Å². The van der Waals surface area contributed by atoms with Crippen molar-refractivity contribution in [2.75, 3.05) is 25.9 Å². The highest BCUT2D eigenvalue weighted by Gasteiger charge is 2.36. The van der Waals surface area contributed by atoms with Gasteiger partial charge < -0.3 is 24.0 Å². The standard InChI is InChI=1S/C30H40BrClN2O8S/c1-29(2,3)41-27(35)33(15-22-16-34(17-22)28(36)42-30(4,5)6)14-20-10-21(18-40-43(7,37)38)12-25(11-20)39-19-23-8-9-24(32)13-26(23)31/h8-13,22H,14-19H2,1-7H3.